The average molecular weight is 212 g/mol. The van der Waals surface area contributed by atoms with Crippen molar-refractivity contribution in [3.63, 3.8) is 0 Å². The minimum Gasteiger partial charge on any atom is -0.452 e. The summed E-state index contributed by atoms with van der Waals surface area (Å²) in [5.74, 6) is -0.0760. The summed E-state index contributed by atoms with van der Waals surface area (Å²) < 4.78 is 5.49. The molecule has 1 rings (SSSR count). The molecular formula is C11H20O2Si. The van der Waals surface area contributed by atoms with E-state index in [-0.39, 0.29) is 11.6 Å². The van der Waals surface area contributed by atoms with Crippen LogP contribution in [0, 0.1) is 0 Å². The second-order valence-corrected chi connectivity index (χ2v) is 10.0. The van der Waals surface area contributed by atoms with E-state index in [2.05, 4.69) is 39.6 Å². The van der Waals surface area contributed by atoms with E-state index in [1.54, 1.807) is 0 Å². The zero-order chi connectivity index (χ0) is 11.0. The molecule has 0 aromatic carbocycles. The molecular weight excluding hydrogens is 192 g/mol. The second-order valence-electron chi connectivity index (χ2n) is 4.97. The predicted octanol–water partition coefficient (Wildman–Crippen LogP) is 2.91. The second kappa shape index (κ2) is 3.53. The van der Waals surface area contributed by atoms with Gasteiger partial charge in [-0.2, -0.15) is 0 Å². The van der Waals surface area contributed by atoms with E-state index in [1.165, 1.54) is 0 Å². The van der Waals surface area contributed by atoms with Crippen LogP contribution in [0.25, 0.3) is 0 Å². The summed E-state index contributed by atoms with van der Waals surface area (Å²) in [6, 6.07) is 0. The summed E-state index contributed by atoms with van der Waals surface area (Å²) >= 11 is 0. The van der Waals surface area contributed by atoms with Gasteiger partial charge in [-0.15, -0.1) is 0 Å². The molecule has 0 atom stereocenters. The van der Waals surface area contributed by atoms with E-state index < -0.39 is 8.07 Å². The summed E-state index contributed by atoms with van der Waals surface area (Å²) in [5.41, 5.74) is -0.299. The minimum atomic E-state index is -1.52. The number of esters is 1. The lowest BCUT2D eigenvalue weighted by atomic mass is 9.98. The molecule has 0 aromatic rings. The molecule has 1 heterocycles. The van der Waals surface area contributed by atoms with E-state index in [9.17, 15) is 4.79 Å². The lowest BCUT2D eigenvalue weighted by Crippen LogP contribution is -2.28. The van der Waals surface area contributed by atoms with Gasteiger partial charge in [0, 0.05) is 5.20 Å². The number of hydrogen-bond donors (Lipinski definition) is 0. The lowest BCUT2D eigenvalue weighted by Gasteiger charge is -2.22. The van der Waals surface area contributed by atoms with Gasteiger partial charge in [-0.05, 0) is 18.9 Å². The number of carbonyl (C=O) groups is 1. The quantitative estimate of drug-likeness (QED) is 0.531. The van der Waals surface area contributed by atoms with Gasteiger partial charge in [0.15, 0.2) is 0 Å². The minimum absolute atomic E-state index is 0.0760. The molecule has 0 bridgehead atoms. The number of rotatable bonds is 3. The summed E-state index contributed by atoms with van der Waals surface area (Å²) in [7, 11) is -1.52. The van der Waals surface area contributed by atoms with E-state index in [0.717, 1.165) is 18.0 Å². The molecule has 2 nitrogen and oxygen atoms in total. The molecule has 0 N–H and O–H groups in total. The zero-order valence-electron chi connectivity index (χ0n) is 9.81. The molecule has 1 aliphatic rings. The van der Waals surface area contributed by atoms with Gasteiger partial charge in [-0.1, -0.05) is 33.5 Å². The van der Waals surface area contributed by atoms with Crippen molar-refractivity contribution in [3.05, 3.63) is 11.3 Å². The van der Waals surface area contributed by atoms with Crippen LogP contribution in [-0.2, 0) is 9.53 Å². The first kappa shape index (κ1) is 11.5. The van der Waals surface area contributed by atoms with Crippen LogP contribution in [0.1, 0.15) is 26.7 Å². The maximum Gasteiger partial charge on any atom is 0.330 e. The van der Waals surface area contributed by atoms with Gasteiger partial charge in [0.1, 0.15) is 5.60 Å². The zero-order valence-corrected chi connectivity index (χ0v) is 10.8. The van der Waals surface area contributed by atoms with Crippen molar-refractivity contribution < 1.29 is 9.53 Å². The highest BCUT2D eigenvalue weighted by atomic mass is 28.3. The van der Waals surface area contributed by atoms with E-state index in [1.807, 2.05) is 0 Å². The third-order valence-corrected chi connectivity index (χ3v) is 4.89. The normalized spacial score (nSPS) is 20.6. The van der Waals surface area contributed by atoms with E-state index in [0.29, 0.717) is 0 Å². The lowest BCUT2D eigenvalue weighted by molar-refractivity contribution is -0.146. The van der Waals surface area contributed by atoms with Crippen molar-refractivity contribution in [1.82, 2.24) is 0 Å². The summed E-state index contributed by atoms with van der Waals surface area (Å²) in [4.78, 5) is 11.7. The number of cyclic esters (lactones) is 1. The Bertz CT molecular complexity index is 270. The first-order valence-corrected chi connectivity index (χ1v) is 8.81. The summed E-state index contributed by atoms with van der Waals surface area (Å²) in [6.45, 7) is 10.7. The monoisotopic (exact) mass is 212 g/mol. The van der Waals surface area contributed by atoms with Crippen LogP contribution in [0.3, 0.4) is 0 Å². The molecule has 0 aromatic heterocycles. The molecule has 0 unspecified atom stereocenters. The maximum absolute atomic E-state index is 11.7. The van der Waals surface area contributed by atoms with Gasteiger partial charge >= 0.3 is 5.97 Å². The molecule has 0 aliphatic carbocycles. The van der Waals surface area contributed by atoms with Crippen LogP contribution in [0.4, 0.5) is 0 Å². The Morgan fingerprint density at radius 3 is 2.00 bits per heavy atom. The van der Waals surface area contributed by atoms with Crippen LogP contribution in [-0.4, -0.2) is 19.6 Å². The highest BCUT2D eigenvalue weighted by Gasteiger charge is 2.41. The molecule has 14 heavy (non-hydrogen) atoms. The molecule has 0 amide bonds. The van der Waals surface area contributed by atoms with Crippen molar-refractivity contribution in [2.24, 2.45) is 0 Å². The van der Waals surface area contributed by atoms with Crippen LogP contribution < -0.4 is 0 Å². The largest absolute Gasteiger partial charge is 0.452 e. The van der Waals surface area contributed by atoms with Crippen LogP contribution in [0.15, 0.2) is 11.3 Å². The van der Waals surface area contributed by atoms with Gasteiger partial charge in [-0.25, -0.2) is 4.79 Å². The number of hydrogen-bond acceptors (Lipinski definition) is 2. The third-order valence-electron chi connectivity index (χ3n) is 2.93. The molecule has 0 radical (unpaired) electrons. The van der Waals surface area contributed by atoms with Crippen molar-refractivity contribution >= 4 is 14.0 Å². The van der Waals surface area contributed by atoms with Gasteiger partial charge in [0.25, 0.3) is 0 Å². The van der Waals surface area contributed by atoms with Crippen LogP contribution in [0.5, 0.6) is 0 Å². The summed E-state index contributed by atoms with van der Waals surface area (Å²) in [6.07, 6.45) is 3.84. The average Bonchev–Trinajstić information content (AvgIpc) is 2.43. The molecule has 0 fully saturated rings. The smallest absolute Gasteiger partial charge is 0.330 e. The Balaban J connectivity index is 3.03. The predicted molar refractivity (Wildman–Crippen MR) is 60.8 cm³/mol. The fourth-order valence-electron chi connectivity index (χ4n) is 1.71. The molecule has 3 heteroatoms. The Hall–Kier alpha value is -0.573. The Kier molecular flexibility index (Phi) is 2.90. The standard InChI is InChI=1S/C11H20O2Si/c1-6-11(7-2)8-9(10(12)13-11)14(3,4)5/h8H,6-7H2,1-5H3. The van der Waals surface area contributed by atoms with Crippen LogP contribution in [0.2, 0.25) is 19.6 Å². The first-order valence-electron chi connectivity index (χ1n) is 5.31. The fraction of sp³-hybridized carbons (Fsp3) is 0.727. The van der Waals surface area contributed by atoms with Crippen molar-refractivity contribution in [2.45, 2.75) is 51.9 Å². The van der Waals surface area contributed by atoms with Gasteiger partial charge < -0.3 is 4.74 Å². The highest BCUT2D eigenvalue weighted by Crippen LogP contribution is 2.34. The summed E-state index contributed by atoms with van der Waals surface area (Å²) in [5, 5.41) is 0.959. The van der Waals surface area contributed by atoms with Crippen molar-refractivity contribution in [1.29, 1.82) is 0 Å². The van der Waals surface area contributed by atoms with E-state index >= 15 is 0 Å². The molecule has 0 saturated carbocycles. The third kappa shape index (κ3) is 1.92. The molecule has 80 valence electrons. The SMILES string of the molecule is CCC1(CC)C=C([Si](C)(C)C)C(=O)O1. The highest BCUT2D eigenvalue weighted by molar-refractivity contribution is 6.87. The Morgan fingerprint density at radius 1 is 1.29 bits per heavy atom. The van der Waals surface area contributed by atoms with E-state index in [4.69, 9.17) is 4.74 Å². The number of carbonyl (C=O) groups excluding carboxylic acids is 1. The van der Waals surface area contributed by atoms with Gasteiger partial charge in [0.2, 0.25) is 0 Å². The molecule has 1 aliphatic heterocycles. The van der Waals surface area contributed by atoms with Crippen molar-refractivity contribution in [3.8, 4) is 0 Å². The Labute approximate surface area is 87.3 Å². The topological polar surface area (TPSA) is 26.3 Å². The first-order chi connectivity index (χ1) is 6.34. The maximum atomic E-state index is 11.7. The molecule has 0 saturated heterocycles. The van der Waals surface area contributed by atoms with Gasteiger partial charge in [-0.3, -0.25) is 0 Å². The number of ether oxygens (including phenoxy) is 1. The van der Waals surface area contributed by atoms with Crippen molar-refractivity contribution in [2.75, 3.05) is 0 Å². The fourth-order valence-corrected chi connectivity index (χ4v) is 3.07. The Morgan fingerprint density at radius 2 is 1.79 bits per heavy atom. The molecule has 0 spiro atoms. The van der Waals surface area contributed by atoms with Gasteiger partial charge in [0.05, 0.1) is 8.07 Å². The van der Waals surface area contributed by atoms with Crippen LogP contribution >= 0.6 is 0 Å².